The molecule has 2 N–H and O–H groups in total. The van der Waals surface area contributed by atoms with Crippen molar-refractivity contribution in [2.45, 2.75) is 25.4 Å². The Hall–Kier alpha value is -2.92. The van der Waals surface area contributed by atoms with Gasteiger partial charge in [-0.15, -0.1) is 10.2 Å². The highest BCUT2D eigenvalue weighted by molar-refractivity contribution is 5.85. The minimum Gasteiger partial charge on any atom is -0.393 e. The van der Waals surface area contributed by atoms with Crippen molar-refractivity contribution in [3.63, 3.8) is 0 Å². The molecule has 0 aliphatic carbocycles. The Kier molecular flexibility index (Phi) is 4.31. The Labute approximate surface area is 146 Å². The molecule has 1 unspecified atom stereocenters. The number of aliphatic hydroxyl groups excluding tert-OH is 1. The van der Waals surface area contributed by atoms with Crippen LogP contribution in [0.3, 0.4) is 0 Å². The fourth-order valence-electron chi connectivity index (χ4n) is 3.16. The summed E-state index contributed by atoms with van der Waals surface area (Å²) in [5.74, 6) is 0. The Bertz CT molecular complexity index is 944. The Morgan fingerprint density at radius 3 is 2.64 bits per heavy atom. The summed E-state index contributed by atoms with van der Waals surface area (Å²) in [6, 6.07) is 16.5. The predicted octanol–water partition coefficient (Wildman–Crippen LogP) is 3.28. The summed E-state index contributed by atoms with van der Waals surface area (Å²) in [7, 11) is 0. The average molecular weight is 332 g/mol. The second-order valence-corrected chi connectivity index (χ2v) is 6.30. The maximum absolute atomic E-state index is 10.5. The summed E-state index contributed by atoms with van der Waals surface area (Å²) in [5, 5.41) is 19.3. The van der Waals surface area contributed by atoms with Crippen LogP contribution in [-0.4, -0.2) is 31.0 Å². The van der Waals surface area contributed by atoms with Gasteiger partial charge in [-0.1, -0.05) is 30.3 Å². The standard InChI is InChI=1S/C20H20N4O/c25-18(8-6-15-4-2-1-3-5-15)10-16-12-21-20-9-7-17(11-19(16)20)24-13-22-23-14-24/h1-5,7,9,11-14,18,21,25H,6,8,10H2. The summed E-state index contributed by atoms with van der Waals surface area (Å²) in [6.07, 6.45) is 7.27. The Balaban J connectivity index is 1.50. The van der Waals surface area contributed by atoms with Gasteiger partial charge < -0.3 is 10.1 Å². The third-order valence-electron chi connectivity index (χ3n) is 4.53. The molecule has 5 heteroatoms. The normalized spacial score (nSPS) is 12.5. The van der Waals surface area contributed by atoms with Gasteiger partial charge in [-0.25, -0.2) is 0 Å². The zero-order chi connectivity index (χ0) is 17.1. The van der Waals surface area contributed by atoms with E-state index < -0.39 is 0 Å². The molecule has 0 bridgehead atoms. The minimum atomic E-state index is -0.363. The average Bonchev–Trinajstić information content (AvgIpc) is 3.31. The molecule has 0 saturated carbocycles. The lowest BCUT2D eigenvalue weighted by Crippen LogP contribution is -2.11. The van der Waals surface area contributed by atoms with Crippen LogP contribution in [0, 0.1) is 0 Å². The molecule has 1 atom stereocenters. The lowest BCUT2D eigenvalue weighted by atomic mass is 10.0. The van der Waals surface area contributed by atoms with Gasteiger partial charge in [0.15, 0.2) is 0 Å². The molecule has 0 aliphatic heterocycles. The highest BCUT2D eigenvalue weighted by Gasteiger charge is 2.11. The number of nitrogens with zero attached hydrogens (tertiary/aromatic N) is 3. The number of hydrogen-bond donors (Lipinski definition) is 2. The van der Waals surface area contributed by atoms with Gasteiger partial charge in [0.1, 0.15) is 12.7 Å². The van der Waals surface area contributed by atoms with E-state index in [9.17, 15) is 5.11 Å². The van der Waals surface area contributed by atoms with E-state index in [1.807, 2.05) is 41.1 Å². The Morgan fingerprint density at radius 1 is 1.04 bits per heavy atom. The van der Waals surface area contributed by atoms with Crippen LogP contribution < -0.4 is 0 Å². The van der Waals surface area contributed by atoms with Crippen molar-refractivity contribution in [2.75, 3.05) is 0 Å². The molecule has 0 saturated heterocycles. The van der Waals surface area contributed by atoms with Crippen LogP contribution in [-0.2, 0) is 12.8 Å². The van der Waals surface area contributed by atoms with Gasteiger partial charge in [-0.05, 0) is 42.2 Å². The van der Waals surface area contributed by atoms with Crippen LogP contribution in [0.5, 0.6) is 0 Å². The van der Waals surface area contributed by atoms with Crippen molar-refractivity contribution in [3.05, 3.63) is 78.5 Å². The highest BCUT2D eigenvalue weighted by Crippen LogP contribution is 2.23. The first-order valence-corrected chi connectivity index (χ1v) is 8.46. The fourth-order valence-corrected chi connectivity index (χ4v) is 3.16. The molecule has 25 heavy (non-hydrogen) atoms. The molecule has 4 rings (SSSR count). The summed E-state index contributed by atoms with van der Waals surface area (Å²) < 4.78 is 1.88. The number of aromatic nitrogens is 4. The molecule has 0 amide bonds. The van der Waals surface area contributed by atoms with Crippen LogP contribution >= 0.6 is 0 Å². The van der Waals surface area contributed by atoms with Crippen LogP contribution in [0.1, 0.15) is 17.5 Å². The van der Waals surface area contributed by atoms with Crippen molar-refractivity contribution in [3.8, 4) is 5.69 Å². The summed E-state index contributed by atoms with van der Waals surface area (Å²) in [4.78, 5) is 3.29. The van der Waals surface area contributed by atoms with E-state index in [1.165, 1.54) is 5.56 Å². The van der Waals surface area contributed by atoms with Crippen molar-refractivity contribution >= 4 is 10.9 Å². The topological polar surface area (TPSA) is 66.7 Å². The lowest BCUT2D eigenvalue weighted by molar-refractivity contribution is 0.165. The second-order valence-electron chi connectivity index (χ2n) is 6.30. The summed E-state index contributed by atoms with van der Waals surface area (Å²) >= 11 is 0. The first-order chi connectivity index (χ1) is 12.3. The fraction of sp³-hybridized carbons (Fsp3) is 0.200. The molecule has 0 radical (unpaired) electrons. The van der Waals surface area contributed by atoms with Gasteiger partial charge in [-0.3, -0.25) is 4.57 Å². The number of benzene rings is 2. The van der Waals surface area contributed by atoms with Crippen molar-refractivity contribution < 1.29 is 5.11 Å². The van der Waals surface area contributed by atoms with E-state index in [1.54, 1.807) is 12.7 Å². The third-order valence-corrected chi connectivity index (χ3v) is 4.53. The number of rotatable bonds is 6. The molecular weight excluding hydrogens is 312 g/mol. The zero-order valence-electron chi connectivity index (χ0n) is 13.8. The minimum absolute atomic E-state index is 0.363. The van der Waals surface area contributed by atoms with Crippen molar-refractivity contribution in [2.24, 2.45) is 0 Å². The number of aromatic amines is 1. The van der Waals surface area contributed by atoms with E-state index >= 15 is 0 Å². The van der Waals surface area contributed by atoms with Gasteiger partial charge in [-0.2, -0.15) is 0 Å². The zero-order valence-corrected chi connectivity index (χ0v) is 13.8. The third kappa shape index (κ3) is 3.46. The first kappa shape index (κ1) is 15.6. The van der Waals surface area contributed by atoms with Gasteiger partial charge in [0, 0.05) is 29.2 Å². The van der Waals surface area contributed by atoms with Gasteiger partial charge in [0.2, 0.25) is 0 Å². The summed E-state index contributed by atoms with van der Waals surface area (Å²) in [6.45, 7) is 0. The molecule has 126 valence electrons. The molecule has 0 aliphatic rings. The number of hydrogen-bond acceptors (Lipinski definition) is 3. The summed E-state index contributed by atoms with van der Waals surface area (Å²) in [5.41, 5.74) is 4.47. The lowest BCUT2D eigenvalue weighted by Gasteiger charge is -2.10. The molecule has 2 heterocycles. The number of nitrogens with one attached hydrogen (secondary N) is 1. The maximum atomic E-state index is 10.5. The second kappa shape index (κ2) is 6.91. The highest BCUT2D eigenvalue weighted by atomic mass is 16.3. The molecular formula is C20H20N4O. The predicted molar refractivity (Wildman–Crippen MR) is 97.7 cm³/mol. The van der Waals surface area contributed by atoms with Crippen LogP contribution in [0.2, 0.25) is 0 Å². The molecule has 5 nitrogen and oxygen atoms in total. The van der Waals surface area contributed by atoms with Crippen LogP contribution in [0.25, 0.3) is 16.6 Å². The van der Waals surface area contributed by atoms with Gasteiger partial charge >= 0.3 is 0 Å². The largest absolute Gasteiger partial charge is 0.393 e. The van der Waals surface area contributed by atoms with E-state index in [-0.39, 0.29) is 6.10 Å². The van der Waals surface area contributed by atoms with Gasteiger partial charge in [0.05, 0.1) is 6.10 Å². The van der Waals surface area contributed by atoms with Crippen molar-refractivity contribution in [1.82, 2.24) is 19.7 Å². The maximum Gasteiger partial charge on any atom is 0.123 e. The van der Waals surface area contributed by atoms with Crippen molar-refractivity contribution in [1.29, 1.82) is 0 Å². The van der Waals surface area contributed by atoms with Crippen LogP contribution in [0.15, 0.2) is 67.4 Å². The smallest absolute Gasteiger partial charge is 0.123 e. The number of fused-ring (bicyclic) bond motifs is 1. The monoisotopic (exact) mass is 332 g/mol. The van der Waals surface area contributed by atoms with Gasteiger partial charge in [0.25, 0.3) is 0 Å². The number of H-pyrrole nitrogens is 1. The van der Waals surface area contributed by atoms with Crippen LogP contribution in [0.4, 0.5) is 0 Å². The molecule has 2 aromatic heterocycles. The molecule has 4 aromatic rings. The SMILES string of the molecule is OC(CCc1ccccc1)Cc1c[nH]c2ccc(-n3cnnc3)cc12. The number of aryl methyl sites for hydroxylation is 1. The number of aliphatic hydroxyl groups is 1. The molecule has 2 aromatic carbocycles. The van der Waals surface area contributed by atoms with E-state index in [0.29, 0.717) is 6.42 Å². The molecule has 0 fully saturated rings. The first-order valence-electron chi connectivity index (χ1n) is 8.46. The molecule has 0 spiro atoms. The Morgan fingerprint density at radius 2 is 1.84 bits per heavy atom. The van der Waals surface area contributed by atoms with E-state index in [4.69, 9.17) is 0 Å². The van der Waals surface area contributed by atoms with E-state index in [0.717, 1.165) is 35.0 Å². The van der Waals surface area contributed by atoms with E-state index in [2.05, 4.69) is 33.4 Å². The quantitative estimate of drug-likeness (QED) is 0.569.